The molecular weight excluding hydrogens is 359 g/mol. The van der Waals surface area contributed by atoms with Crippen molar-refractivity contribution in [1.29, 1.82) is 0 Å². The lowest BCUT2D eigenvalue weighted by molar-refractivity contribution is 0.101. The van der Waals surface area contributed by atoms with Crippen molar-refractivity contribution in [1.82, 2.24) is 14.3 Å². The van der Waals surface area contributed by atoms with Gasteiger partial charge in [0.25, 0.3) is 5.91 Å². The van der Waals surface area contributed by atoms with E-state index in [4.69, 9.17) is 4.42 Å². The molecule has 3 aromatic heterocycles. The minimum absolute atomic E-state index is 0.260. The SMILES string of the molecule is CCn1nc(C)c(NC(=O)c2cc3occc3n2Cc2cccc(F)c2)c1C. The number of benzene rings is 1. The number of rotatable bonds is 5. The Kier molecular flexibility index (Phi) is 4.50. The van der Waals surface area contributed by atoms with Gasteiger partial charge in [-0.15, -0.1) is 0 Å². The first-order valence-corrected chi connectivity index (χ1v) is 9.14. The molecule has 0 saturated carbocycles. The quantitative estimate of drug-likeness (QED) is 0.554. The number of anilines is 1. The van der Waals surface area contributed by atoms with E-state index in [0.717, 1.165) is 29.0 Å². The predicted molar refractivity (Wildman–Crippen MR) is 105 cm³/mol. The molecule has 1 aromatic carbocycles. The number of carbonyl (C=O) groups is 1. The summed E-state index contributed by atoms with van der Waals surface area (Å²) in [6.07, 6.45) is 1.58. The van der Waals surface area contributed by atoms with Crippen molar-refractivity contribution in [2.75, 3.05) is 5.32 Å². The lowest BCUT2D eigenvalue weighted by atomic mass is 10.2. The summed E-state index contributed by atoms with van der Waals surface area (Å²) >= 11 is 0. The summed E-state index contributed by atoms with van der Waals surface area (Å²) in [7, 11) is 0. The molecule has 1 N–H and O–H groups in total. The highest BCUT2D eigenvalue weighted by molar-refractivity contribution is 6.06. The van der Waals surface area contributed by atoms with Crippen molar-refractivity contribution in [2.24, 2.45) is 0 Å². The molecule has 4 aromatic rings. The number of amides is 1. The van der Waals surface area contributed by atoms with E-state index in [1.54, 1.807) is 24.5 Å². The molecule has 0 bridgehead atoms. The maximum atomic E-state index is 13.6. The van der Waals surface area contributed by atoms with Crippen LogP contribution in [0.2, 0.25) is 0 Å². The first kappa shape index (κ1) is 18.0. The van der Waals surface area contributed by atoms with Crippen LogP contribution >= 0.6 is 0 Å². The maximum absolute atomic E-state index is 13.6. The van der Waals surface area contributed by atoms with Crippen molar-refractivity contribution in [2.45, 2.75) is 33.9 Å². The lowest BCUT2D eigenvalue weighted by Gasteiger charge is -2.11. The molecule has 0 aliphatic carbocycles. The fourth-order valence-corrected chi connectivity index (χ4v) is 3.52. The molecule has 0 aliphatic rings. The average Bonchev–Trinajstić information content (AvgIpc) is 3.32. The average molecular weight is 380 g/mol. The Morgan fingerprint density at radius 1 is 1.25 bits per heavy atom. The summed E-state index contributed by atoms with van der Waals surface area (Å²) in [4.78, 5) is 13.1. The molecule has 0 radical (unpaired) electrons. The van der Waals surface area contributed by atoms with E-state index in [9.17, 15) is 9.18 Å². The van der Waals surface area contributed by atoms with Gasteiger partial charge < -0.3 is 14.3 Å². The van der Waals surface area contributed by atoms with Gasteiger partial charge in [-0.1, -0.05) is 12.1 Å². The highest BCUT2D eigenvalue weighted by Gasteiger charge is 2.20. The fraction of sp³-hybridized carbons (Fsp3) is 0.238. The Bertz CT molecular complexity index is 1170. The molecule has 6 nitrogen and oxygen atoms in total. The van der Waals surface area contributed by atoms with Crippen LogP contribution < -0.4 is 5.32 Å². The third kappa shape index (κ3) is 3.09. The third-order valence-electron chi connectivity index (χ3n) is 4.90. The fourth-order valence-electron chi connectivity index (χ4n) is 3.52. The summed E-state index contributed by atoms with van der Waals surface area (Å²) in [5.74, 6) is -0.568. The van der Waals surface area contributed by atoms with Crippen molar-refractivity contribution in [3.8, 4) is 0 Å². The van der Waals surface area contributed by atoms with Gasteiger partial charge in [-0.05, 0) is 38.5 Å². The Hall–Kier alpha value is -3.35. The minimum atomic E-state index is -0.308. The Balaban J connectivity index is 1.71. The van der Waals surface area contributed by atoms with Gasteiger partial charge >= 0.3 is 0 Å². The summed E-state index contributed by atoms with van der Waals surface area (Å²) in [6.45, 7) is 6.88. The van der Waals surface area contributed by atoms with Crippen LogP contribution in [0.25, 0.3) is 11.1 Å². The smallest absolute Gasteiger partial charge is 0.272 e. The van der Waals surface area contributed by atoms with Crippen LogP contribution in [-0.2, 0) is 13.1 Å². The van der Waals surface area contributed by atoms with Gasteiger partial charge in [0.05, 0.1) is 28.9 Å². The third-order valence-corrected chi connectivity index (χ3v) is 4.90. The molecule has 7 heteroatoms. The number of aromatic nitrogens is 3. The zero-order valence-electron chi connectivity index (χ0n) is 16.0. The van der Waals surface area contributed by atoms with Crippen LogP contribution in [0, 0.1) is 19.7 Å². The molecule has 28 heavy (non-hydrogen) atoms. The van der Waals surface area contributed by atoms with Gasteiger partial charge in [0, 0.05) is 25.2 Å². The number of hydrogen-bond acceptors (Lipinski definition) is 3. The second-order valence-electron chi connectivity index (χ2n) is 6.73. The second-order valence-corrected chi connectivity index (χ2v) is 6.73. The van der Waals surface area contributed by atoms with Gasteiger partial charge in [-0.2, -0.15) is 5.10 Å². The molecule has 0 spiro atoms. The molecule has 0 fully saturated rings. The zero-order chi connectivity index (χ0) is 19.8. The number of fused-ring (bicyclic) bond motifs is 1. The molecule has 0 unspecified atom stereocenters. The van der Waals surface area contributed by atoms with E-state index >= 15 is 0 Å². The van der Waals surface area contributed by atoms with Crippen LogP contribution in [0.15, 0.2) is 47.1 Å². The standard InChI is InChI=1S/C21H21FN4O2/c1-4-26-14(3)20(13(2)24-26)23-21(27)18-11-19-17(8-9-28-19)25(18)12-15-6-5-7-16(22)10-15/h5-11H,4,12H2,1-3H3,(H,23,27). The molecule has 0 aliphatic heterocycles. The van der Waals surface area contributed by atoms with E-state index in [0.29, 0.717) is 23.5 Å². The van der Waals surface area contributed by atoms with Gasteiger partial charge in [0.1, 0.15) is 11.5 Å². The Morgan fingerprint density at radius 2 is 2.07 bits per heavy atom. The Morgan fingerprint density at radius 3 is 2.79 bits per heavy atom. The van der Waals surface area contributed by atoms with Gasteiger partial charge in [-0.3, -0.25) is 9.48 Å². The first-order chi connectivity index (χ1) is 13.5. The number of furan rings is 1. The van der Waals surface area contributed by atoms with Crippen LogP contribution in [0.1, 0.15) is 34.4 Å². The van der Waals surface area contributed by atoms with E-state index in [1.807, 2.05) is 36.1 Å². The van der Waals surface area contributed by atoms with Crippen LogP contribution in [0.3, 0.4) is 0 Å². The molecule has 144 valence electrons. The summed E-state index contributed by atoms with van der Waals surface area (Å²) < 4.78 is 22.8. The number of halogens is 1. The van der Waals surface area contributed by atoms with Crippen LogP contribution in [0.4, 0.5) is 10.1 Å². The molecule has 0 atom stereocenters. The topological polar surface area (TPSA) is 65.0 Å². The monoisotopic (exact) mass is 380 g/mol. The van der Waals surface area contributed by atoms with Crippen LogP contribution in [-0.4, -0.2) is 20.3 Å². The normalized spacial score (nSPS) is 11.3. The molecular formula is C21H21FN4O2. The summed E-state index contributed by atoms with van der Waals surface area (Å²) in [6, 6.07) is 9.86. The summed E-state index contributed by atoms with van der Waals surface area (Å²) in [5.41, 5.74) is 4.98. The molecule has 3 heterocycles. The van der Waals surface area contributed by atoms with E-state index in [1.165, 1.54) is 12.1 Å². The first-order valence-electron chi connectivity index (χ1n) is 9.14. The number of hydrogen-bond donors (Lipinski definition) is 1. The summed E-state index contributed by atoms with van der Waals surface area (Å²) in [5, 5.41) is 7.42. The van der Waals surface area contributed by atoms with Crippen molar-refractivity contribution in [3.05, 3.63) is 71.1 Å². The Labute approximate surface area is 161 Å². The molecule has 1 amide bonds. The van der Waals surface area contributed by atoms with Crippen molar-refractivity contribution < 1.29 is 13.6 Å². The van der Waals surface area contributed by atoms with Crippen molar-refractivity contribution in [3.63, 3.8) is 0 Å². The largest absolute Gasteiger partial charge is 0.463 e. The minimum Gasteiger partial charge on any atom is -0.463 e. The highest BCUT2D eigenvalue weighted by Crippen LogP contribution is 2.25. The van der Waals surface area contributed by atoms with Gasteiger partial charge in [0.15, 0.2) is 5.58 Å². The lowest BCUT2D eigenvalue weighted by Crippen LogP contribution is -2.18. The maximum Gasteiger partial charge on any atom is 0.272 e. The van der Waals surface area contributed by atoms with Gasteiger partial charge in [0.2, 0.25) is 0 Å². The van der Waals surface area contributed by atoms with E-state index in [2.05, 4.69) is 10.4 Å². The van der Waals surface area contributed by atoms with E-state index < -0.39 is 0 Å². The van der Waals surface area contributed by atoms with Crippen LogP contribution in [0.5, 0.6) is 0 Å². The number of aryl methyl sites for hydroxylation is 2. The predicted octanol–water partition coefficient (Wildman–Crippen LogP) is 4.51. The number of nitrogens with zero attached hydrogens (tertiary/aromatic N) is 3. The zero-order valence-corrected chi connectivity index (χ0v) is 16.0. The highest BCUT2D eigenvalue weighted by atomic mass is 19.1. The van der Waals surface area contributed by atoms with Crippen molar-refractivity contribution >= 4 is 22.7 Å². The molecule has 4 rings (SSSR count). The van der Waals surface area contributed by atoms with Gasteiger partial charge in [-0.25, -0.2) is 4.39 Å². The number of carbonyl (C=O) groups excluding carboxylic acids is 1. The van der Waals surface area contributed by atoms with E-state index in [-0.39, 0.29) is 11.7 Å². The number of nitrogens with one attached hydrogen (secondary N) is 1. The molecule has 0 saturated heterocycles. The second kappa shape index (κ2) is 6.99.